The Balaban J connectivity index is 2.08. The van der Waals surface area contributed by atoms with E-state index in [0.29, 0.717) is 30.3 Å². The lowest BCUT2D eigenvalue weighted by molar-refractivity contribution is 0.0263. The van der Waals surface area contributed by atoms with E-state index in [1.807, 2.05) is 6.92 Å². The van der Waals surface area contributed by atoms with Crippen LogP contribution in [-0.4, -0.2) is 45.4 Å². The molecule has 1 heterocycles. The third kappa shape index (κ3) is 2.58. The predicted molar refractivity (Wildman–Crippen MR) is 72.7 cm³/mol. The summed E-state index contributed by atoms with van der Waals surface area (Å²) in [5, 5.41) is 13.5. The van der Waals surface area contributed by atoms with Crippen molar-refractivity contribution >= 4 is 11.6 Å². The van der Waals surface area contributed by atoms with Crippen molar-refractivity contribution in [3.05, 3.63) is 11.4 Å². The summed E-state index contributed by atoms with van der Waals surface area (Å²) in [4.78, 5) is 14.1. The summed E-state index contributed by atoms with van der Waals surface area (Å²) in [7, 11) is 3.51. The van der Waals surface area contributed by atoms with Crippen molar-refractivity contribution < 1.29 is 9.90 Å². The van der Waals surface area contributed by atoms with Gasteiger partial charge in [-0.05, 0) is 25.2 Å². The van der Waals surface area contributed by atoms with E-state index in [-0.39, 0.29) is 12.0 Å². The molecular formula is C13H22N4O2. The fourth-order valence-electron chi connectivity index (χ4n) is 2.61. The average molecular weight is 266 g/mol. The number of anilines is 1. The van der Waals surface area contributed by atoms with E-state index in [9.17, 15) is 9.90 Å². The van der Waals surface area contributed by atoms with Crippen LogP contribution in [0.3, 0.4) is 0 Å². The van der Waals surface area contributed by atoms with Crippen LogP contribution in [0.5, 0.6) is 0 Å². The number of aromatic nitrogens is 2. The summed E-state index contributed by atoms with van der Waals surface area (Å²) < 4.78 is 1.56. The zero-order valence-electron chi connectivity index (χ0n) is 11.8. The number of hydrogen-bond donors (Lipinski definition) is 2. The second-order valence-corrected chi connectivity index (χ2v) is 5.36. The molecule has 6 heteroatoms. The summed E-state index contributed by atoms with van der Waals surface area (Å²) in [6, 6.07) is 0. The average Bonchev–Trinajstić information content (AvgIpc) is 2.61. The van der Waals surface area contributed by atoms with E-state index in [2.05, 4.69) is 5.10 Å². The molecule has 0 aromatic carbocycles. The zero-order chi connectivity index (χ0) is 14.2. The second-order valence-electron chi connectivity index (χ2n) is 5.36. The molecule has 1 fully saturated rings. The Morgan fingerprint density at radius 3 is 2.68 bits per heavy atom. The normalized spacial score (nSPS) is 22.1. The first-order chi connectivity index (χ1) is 8.93. The third-order valence-electron chi connectivity index (χ3n) is 3.79. The van der Waals surface area contributed by atoms with Crippen molar-refractivity contribution in [1.29, 1.82) is 0 Å². The van der Waals surface area contributed by atoms with Crippen LogP contribution in [0.1, 0.15) is 35.9 Å². The molecule has 0 unspecified atom stereocenters. The number of nitrogens with two attached hydrogens (primary N) is 1. The number of carbonyl (C=O) groups is 1. The van der Waals surface area contributed by atoms with E-state index in [1.54, 1.807) is 23.7 Å². The first-order valence-electron chi connectivity index (χ1n) is 6.68. The number of rotatable bonds is 4. The minimum Gasteiger partial charge on any atom is -0.395 e. The van der Waals surface area contributed by atoms with Gasteiger partial charge in [-0.15, -0.1) is 0 Å². The molecule has 106 valence electrons. The number of carbonyl (C=O) groups excluding carboxylic acids is 1. The summed E-state index contributed by atoms with van der Waals surface area (Å²) in [6.45, 7) is 2.62. The Bertz CT molecular complexity index is 477. The summed E-state index contributed by atoms with van der Waals surface area (Å²) >= 11 is 0. The van der Waals surface area contributed by atoms with Crippen LogP contribution in [0.4, 0.5) is 5.69 Å². The fraction of sp³-hybridized carbons (Fsp3) is 0.692. The van der Waals surface area contributed by atoms with Gasteiger partial charge in [0.2, 0.25) is 0 Å². The van der Waals surface area contributed by atoms with Gasteiger partial charge in [0.25, 0.3) is 5.91 Å². The molecule has 1 amide bonds. The van der Waals surface area contributed by atoms with Gasteiger partial charge in [-0.3, -0.25) is 9.48 Å². The highest BCUT2D eigenvalue weighted by molar-refractivity contribution is 5.97. The van der Waals surface area contributed by atoms with Gasteiger partial charge in [0.1, 0.15) is 5.69 Å². The first-order valence-corrected chi connectivity index (χ1v) is 6.68. The SMILES string of the molecule is CCc1nn(C)c(C(=O)N(C)CC2CC(O)C2)c1N. The van der Waals surface area contributed by atoms with Crippen molar-refractivity contribution in [2.45, 2.75) is 32.3 Å². The molecule has 1 aliphatic carbocycles. The van der Waals surface area contributed by atoms with Gasteiger partial charge in [-0.1, -0.05) is 6.92 Å². The van der Waals surface area contributed by atoms with E-state index >= 15 is 0 Å². The van der Waals surface area contributed by atoms with Gasteiger partial charge in [-0.25, -0.2) is 0 Å². The molecule has 19 heavy (non-hydrogen) atoms. The van der Waals surface area contributed by atoms with Crippen LogP contribution in [-0.2, 0) is 13.5 Å². The molecule has 2 rings (SSSR count). The number of nitrogens with zero attached hydrogens (tertiary/aromatic N) is 3. The minimum atomic E-state index is -0.193. The summed E-state index contributed by atoms with van der Waals surface area (Å²) in [5.41, 5.74) is 7.68. The molecule has 0 spiro atoms. The molecule has 0 radical (unpaired) electrons. The Hall–Kier alpha value is -1.56. The summed E-state index contributed by atoms with van der Waals surface area (Å²) in [5.74, 6) is 0.289. The van der Waals surface area contributed by atoms with Gasteiger partial charge in [0.05, 0.1) is 17.5 Å². The van der Waals surface area contributed by atoms with Gasteiger partial charge in [0.15, 0.2) is 0 Å². The van der Waals surface area contributed by atoms with Gasteiger partial charge in [0, 0.05) is 20.6 Å². The van der Waals surface area contributed by atoms with E-state index < -0.39 is 0 Å². The van der Waals surface area contributed by atoms with E-state index in [4.69, 9.17) is 5.73 Å². The Morgan fingerprint density at radius 1 is 1.58 bits per heavy atom. The topological polar surface area (TPSA) is 84.4 Å². The van der Waals surface area contributed by atoms with Crippen LogP contribution >= 0.6 is 0 Å². The monoisotopic (exact) mass is 266 g/mol. The maximum atomic E-state index is 12.4. The van der Waals surface area contributed by atoms with Crippen LogP contribution < -0.4 is 5.73 Å². The van der Waals surface area contributed by atoms with E-state index in [0.717, 1.165) is 18.5 Å². The van der Waals surface area contributed by atoms with Gasteiger partial charge < -0.3 is 15.7 Å². The van der Waals surface area contributed by atoms with Crippen molar-refractivity contribution in [3.63, 3.8) is 0 Å². The van der Waals surface area contributed by atoms with Crippen LogP contribution in [0, 0.1) is 5.92 Å². The number of hydrogen-bond acceptors (Lipinski definition) is 4. The maximum absolute atomic E-state index is 12.4. The fourth-order valence-corrected chi connectivity index (χ4v) is 2.61. The molecule has 1 aliphatic rings. The largest absolute Gasteiger partial charge is 0.395 e. The van der Waals surface area contributed by atoms with Crippen molar-refractivity contribution in [1.82, 2.24) is 14.7 Å². The molecule has 0 saturated heterocycles. The Morgan fingerprint density at radius 2 is 2.21 bits per heavy atom. The molecule has 1 saturated carbocycles. The Kier molecular flexibility index (Phi) is 3.80. The second kappa shape index (κ2) is 5.21. The third-order valence-corrected chi connectivity index (χ3v) is 3.79. The van der Waals surface area contributed by atoms with Gasteiger partial charge in [-0.2, -0.15) is 5.10 Å². The number of nitrogen functional groups attached to an aromatic ring is 1. The summed E-state index contributed by atoms with van der Waals surface area (Å²) in [6.07, 6.45) is 2.07. The molecule has 6 nitrogen and oxygen atoms in total. The van der Waals surface area contributed by atoms with Crippen LogP contribution in [0.15, 0.2) is 0 Å². The molecule has 0 aliphatic heterocycles. The smallest absolute Gasteiger partial charge is 0.274 e. The number of aryl methyl sites for hydroxylation is 2. The molecule has 0 atom stereocenters. The Labute approximate surface area is 113 Å². The molecule has 3 N–H and O–H groups in total. The van der Waals surface area contributed by atoms with Crippen LogP contribution in [0.25, 0.3) is 0 Å². The molecular weight excluding hydrogens is 244 g/mol. The van der Waals surface area contributed by atoms with E-state index in [1.165, 1.54) is 0 Å². The lowest BCUT2D eigenvalue weighted by Crippen LogP contribution is -2.40. The highest BCUT2D eigenvalue weighted by atomic mass is 16.3. The lowest BCUT2D eigenvalue weighted by Gasteiger charge is -2.34. The molecule has 0 bridgehead atoms. The zero-order valence-corrected chi connectivity index (χ0v) is 11.8. The number of aliphatic hydroxyl groups is 1. The van der Waals surface area contributed by atoms with Crippen molar-refractivity contribution in [2.75, 3.05) is 19.3 Å². The lowest BCUT2D eigenvalue weighted by atomic mass is 9.82. The maximum Gasteiger partial charge on any atom is 0.274 e. The first kappa shape index (κ1) is 13.9. The van der Waals surface area contributed by atoms with Crippen molar-refractivity contribution in [2.24, 2.45) is 13.0 Å². The quantitative estimate of drug-likeness (QED) is 0.826. The number of aliphatic hydroxyl groups excluding tert-OH is 1. The highest BCUT2D eigenvalue weighted by Crippen LogP contribution is 2.28. The van der Waals surface area contributed by atoms with Crippen molar-refractivity contribution in [3.8, 4) is 0 Å². The van der Waals surface area contributed by atoms with Crippen LogP contribution in [0.2, 0.25) is 0 Å². The number of amides is 1. The standard InChI is InChI=1S/C13H22N4O2/c1-4-10-11(14)12(17(3)15-10)13(19)16(2)7-8-5-9(18)6-8/h8-9,18H,4-7,14H2,1-3H3. The predicted octanol–water partition coefficient (Wildman–Crippen LogP) is 0.408. The van der Waals surface area contributed by atoms with Gasteiger partial charge >= 0.3 is 0 Å². The minimum absolute atomic E-state index is 0.103. The molecule has 1 aromatic rings. The highest BCUT2D eigenvalue weighted by Gasteiger charge is 2.30. The molecule has 1 aromatic heterocycles.